The van der Waals surface area contributed by atoms with E-state index in [1.54, 1.807) is 9.80 Å². The molecule has 2 atom stereocenters. The fourth-order valence-electron chi connectivity index (χ4n) is 3.51. The van der Waals surface area contributed by atoms with Crippen molar-refractivity contribution in [2.24, 2.45) is 0 Å². The van der Waals surface area contributed by atoms with Crippen molar-refractivity contribution in [3.63, 3.8) is 0 Å². The molecule has 136 valence electrons. The largest absolute Gasteiger partial charge is 0.378 e. The maximum atomic E-state index is 12.4. The third-order valence-electron chi connectivity index (χ3n) is 4.98. The highest BCUT2D eigenvalue weighted by Crippen LogP contribution is 2.19. The maximum absolute atomic E-state index is 12.4. The SMILES string of the molecule is O=C(NC1CCCCC1NC(=O)N1CCOCC1)N1CCOCC1. The number of nitrogens with zero attached hydrogens (tertiary/aromatic N) is 2. The van der Waals surface area contributed by atoms with Crippen molar-refractivity contribution in [3.05, 3.63) is 0 Å². The summed E-state index contributed by atoms with van der Waals surface area (Å²) < 4.78 is 10.6. The number of morpholine rings is 2. The molecule has 24 heavy (non-hydrogen) atoms. The lowest BCUT2D eigenvalue weighted by molar-refractivity contribution is 0.0496. The zero-order valence-corrected chi connectivity index (χ0v) is 14.2. The molecule has 2 unspecified atom stereocenters. The first-order valence-electron chi connectivity index (χ1n) is 9.00. The Labute approximate surface area is 142 Å². The molecule has 0 bridgehead atoms. The monoisotopic (exact) mass is 340 g/mol. The minimum absolute atomic E-state index is 0.000847. The van der Waals surface area contributed by atoms with Crippen LogP contribution >= 0.6 is 0 Å². The molecule has 0 aromatic rings. The van der Waals surface area contributed by atoms with Gasteiger partial charge in [0.2, 0.25) is 0 Å². The fourth-order valence-corrected chi connectivity index (χ4v) is 3.51. The van der Waals surface area contributed by atoms with Gasteiger partial charge in [0, 0.05) is 26.2 Å². The summed E-state index contributed by atoms with van der Waals surface area (Å²) >= 11 is 0. The average molecular weight is 340 g/mol. The molecule has 4 amide bonds. The molecule has 1 saturated carbocycles. The summed E-state index contributed by atoms with van der Waals surface area (Å²) in [5.74, 6) is 0. The van der Waals surface area contributed by atoms with Crippen LogP contribution in [0, 0.1) is 0 Å². The minimum atomic E-state index is -0.0455. The van der Waals surface area contributed by atoms with E-state index in [1.165, 1.54) is 0 Å². The second kappa shape index (κ2) is 8.53. The van der Waals surface area contributed by atoms with E-state index >= 15 is 0 Å². The smallest absolute Gasteiger partial charge is 0.317 e. The van der Waals surface area contributed by atoms with E-state index in [-0.39, 0.29) is 24.1 Å². The van der Waals surface area contributed by atoms with Gasteiger partial charge in [0.25, 0.3) is 0 Å². The van der Waals surface area contributed by atoms with Gasteiger partial charge in [-0.25, -0.2) is 9.59 Å². The van der Waals surface area contributed by atoms with Crippen molar-refractivity contribution in [2.45, 2.75) is 37.8 Å². The second-order valence-electron chi connectivity index (χ2n) is 6.60. The Balaban J connectivity index is 1.52. The van der Waals surface area contributed by atoms with E-state index in [0.717, 1.165) is 25.7 Å². The quantitative estimate of drug-likeness (QED) is 0.761. The summed E-state index contributed by atoms with van der Waals surface area (Å²) in [6.45, 7) is 4.88. The van der Waals surface area contributed by atoms with Crippen molar-refractivity contribution in [2.75, 3.05) is 52.6 Å². The Bertz CT molecular complexity index is 396. The van der Waals surface area contributed by atoms with Crippen LogP contribution < -0.4 is 10.6 Å². The van der Waals surface area contributed by atoms with Gasteiger partial charge in [-0.15, -0.1) is 0 Å². The molecule has 8 nitrogen and oxygen atoms in total. The first-order chi connectivity index (χ1) is 11.7. The Morgan fingerprint density at radius 1 is 0.708 bits per heavy atom. The Morgan fingerprint density at radius 3 is 1.46 bits per heavy atom. The number of amides is 4. The molecule has 0 aromatic carbocycles. The van der Waals surface area contributed by atoms with Gasteiger partial charge in [-0.2, -0.15) is 0 Å². The number of urea groups is 2. The van der Waals surface area contributed by atoms with E-state index < -0.39 is 0 Å². The zero-order chi connectivity index (χ0) is 16.8. The minimum Gasteiger partial charge on any atom is -0.378 e. The normalized spacial score (nSPS) is 28.3. The molecule has 3 aliphatic rings. The van der Waals surface area contributed by atoms with Crippen LogP contribution in [0.5, 0.6) is 0 Å². The summed E-state index contributed by atoms with van der Waals surface area (Å²) in [6.07, 6.45) is 3.98. The van der Waals surface area contributed by atoms with Crippen LogP contribution in [0.25, 0.3) is 0 Å². The number of rotatable bonds is 2. The first kappa shape index (κ1) is 17.3. The highest BCUT2D eigenvalue weighted by Gasteiger charge is 2.31. The standard InChI is InChI=1S/C16H28N4O4/c21-15(19-5-9-23-10-6-19)17-13-3-1-2-4-14(13)18-16(22)20-7-11-24-12-8-20/h13-14H,1-12H2,(H,17,21)(H,18,22). The summed E-state index contributed by atoms with van der Waals surface area (Å²) in [7, 11) is 0. The number of hydrogen-bond acceptors (Lipinski definition) is 4. The van der Waals surface area contributed by atoms with E-state index in [2.05, 4.69) is 10.6 Å². The molecule has 3 rings (SSSR count). The lowest BCUT2D eigenvalue weighted by Crippen LogP contribution is -2.59. The second-order valence-corrected chi connectivity index (χ2v) is 6.60. The summed E-state index contributed by atoms with van der Waals surface area (Å²) in [5.41, 5.74) is 0. The van der Waals surface area contributed by atoms with Crippen LogP contribution in [0.4, 0.5) is 9.59 Å². The van der Waals surface area contributed by atoms with Crippen LogP contribution in [-0.4, -0.2) is 86.6 Å². The van der Waals surface area contributed by atoms with Crippen molar-refractivity contribution in [3.8, 4) is 0 Å². The Morgan fingerprint density at radius 2 is 1.08 bits per heavy atom. The van der Waals surface area contributed by atoms with Gasteiger partial charge >= 0.3 is 12.1 Å². The molecule has 0 aromatic heterocycles. The van der Waals surface area contributed by atoms with E-state index in [9.17, 15) is 9.59 Å². The molecule has 1 aliphatic carbocycles. The van der Waals surface area contributed by atoms with Crippen molar-refractivity contribution in [1.82, 2.24) is 20.4 Å². The average Bonchev–Trinajstić information content (AvgIpc) is 2.64. The van der Waals surface area contributed by atoms with E-state index in [0.29, 0.717) is 52.6 Å². The molecule has 2 heterocycles. The van der Waals surface area contributed by atoms with Crippen LogP contribution in [-0.2, 0) is 9.47 Å². The van der Waals surface area contributed by atoms with Gasteiger partial charge < -0.3 is 29.9 Å². The molecule has 3 fully saturated rings. The molecule has 8 heteroatoms. The summed E-state index contributed by atoms with van der Waals surface area (Å²) in [4.78, 5) is 28.4. The van der Waals surface area contributed by atoms with Gasteiger partial charge in [0.1, 0.15) is 0 Å². The molecule has 0 spiro atoms. The van der Waals surface area contributed by atoms with Crippen LogP contribution in [0.3, 0.4) is 0 Å². The fraction of sp³-hybridized carbons (Fsp3) is 0.875. The van der Waals surface area contributed by atoms with Gasteiger partial charge in [-0.1, -0.05) is 12.8 Å². The van der Waals surface area contributed by atoms with Gasteiger partial charge in [0.05, 0.1) is 38.5 Å². The zero-order valence-electron chi connectivity index (χ0n) is 14.2. The van der Waals surface area contributed by atoms with Gasteiger partial charge in [-0.05, 0) is 12.8 Å². The van der Waals surface area contributed by atoms with E-state index in [1.807, 2.05) is 0 Å². The first-order valence-corrected chi connectivity index (χ1v) is 9.00. The molecule has 2 N–H and O–H groups in total. The van der Waals surface area contributed by atoms with E-state index in [4.69, 9.17) is 9.47 Å². The Kier molecular flexibility index (Phi) is 6.14. The number of carbonyl (C=O) groups excluding carboxylic acids is 2. The van der Waals surface area contributed by atoms with Crippen molar-refractivity contribution < 1.29 is 19.1 Å². The predicted octanol–water partition coefficient (Wildman–Crippen LogP) is 0.381. The lowest BCUT2D eigenvalue weighted by Gasteiger charge is -2.37. The summed E-state index contributed by atoms with van der Waals surface area (Å²) in [5, 5.41) is 6.24. The molecular formula is C16H28N4O4. The van der Waals surface area contributed by atoms with Crippen molar-refractivity contribution in [1.29, 1.82) is 0 Å². The number of nitrogens with one attached hydrogen (secondary N) is 2. The van der Waals surface area contributed by atoms with Crippen LogP contribution in [0.2, 0.25) is 0 Å². The maximum Gasteiger partial charge on any atom is 0.317 e. The van der Waals surface area contributed by atoms with Gasteiger partial charge in [-0.3, -0.25) is 0 Å². The highest BCUT2D eigenvalue weighted by molar-refractivity contribution is 5.76. The van der Waals surface area contributed by atoms with Crippen LogP contribution in [0.1, 0.15) is 25.7 Å². The van der Waals surface area contributed by atoms with Crippen LogP contribution in [0.15, 0.2) is 0 Å². The third kappa shape index (κ3) is 4.51. The number of hydrogen-bond donors (Lipinski definition) is 2. The third-order valence-corrected chi connectivity index (χ3v) is 4.98. The Hall–Kier alpha value is -1.54. The molecular weight excluding hydrogens is 312 g/mol. The topological polar surface area (TPSA) is 83.1 Å². The summed E-state index contributed by atoms with van der Waals surface area (Å²) in [6, 6.07) is -0.0928. The lowest BCUT2D eigenvalue weighted by atomic mass is 9.90. The molecule has 2 saturated heterocycles. The predicted molar refractivity (Wildman–Crippen MR) is 87.9 cm³/mol. The number of carbonyl (C=O) groups is 2. The molecule has 2 aliphatic heterocycles. The molecule has 0 radical (unpaired) electrons. The van der Waals surface area contributed by atoms with Crippen molar-refractivity contribution >= 4 is 12.1 Å². The highest BCUT2D eigenvalue weighted by atomic mass is 16.5. The number of ether oxygens (including phenoxy) is 2. The van der Waals surface area contributed by atoms with Gasteiger partial charge in [0.15, 0.2) is 0 Å².